The van der Waals surface area contributed by atoms with Crippen molar-refractivity contribution in [1.29, 1.82) is 0 Å². The summed E-state index contributed by atoms with van der Waals surface area (Å²) in [5, 5.41) is 3.84. The van der Waals surface area contributed by atoms with Crippen LogP contribution in [0.15, 0.2) is 30.3 Å². The highest BCUT2D eigenvalue weighted by atomic mass is 16.5. The number of carbonyl (C=O) groups is 1. The normalized spacial score (nSPS) is 10.2. The predicted molar refractivity (Wildman–Crippen MR) is 63.4 cm³/mol. The summed E-state index contributed by atoms with van der Waals surface area (Å²) >= 11 is 0. The van der Waals surface area contributed by atoms with E-state index >= 15 is 0 Å². The lowest BCUT2D eigenvalue weighted by Crippen LogP contribution is -2.12. The number of hydrogen-bond donors (Lipinski definition) is 2. The Kier molecular flexibility index (Phi) is 2.70. The maximum Gasteiger partial charge on any atom is 0.351 e. The first-order chi connectivity index (χ1) is 8.09. The number of nitrogens with zero attached hydrogens (tertiary/aromatic N) is 2. The van der Waals surface area contributed by atoms with E-state index in [2.05, 4.69) is 5.10 Å². The monoisotopic (exact) mass is 232 g/mol. The van der Waals surface area contributed by atoms with Gasteiger partial charge in [0.2, 0.25) is 0 Å². The number of carbonyl (C=O) groups excluding carboxylic acids is 1. The van der Waals surface area contributed by atoms with Crippen molar-refractivity contribution in [2.45, 2.75) is 0 Å². The van der Waals surface area contributed by atoms with Crippen molar-refractivity contribution in [2.75, 3.05) is 11.5 Å². The molecular weight excluding hydrogens is 220 g/mol. The van der Waals surface area contributed by atoms with E-state index in [4.69, 9.17) is 16.2 Å². The highest BCUT2D eigenvalue weighted by molar-refractivity contribution is 6.00. The minimum atomic E-state index is -0.612. The summed E-state index contributed by atoms with van der Waals surface area (Å²) in [5.41, 5.74) is 11.4. The van der Waals surface area contributed by atoms with Crippen LogP contribution in [-0.4, -0.2) is 15.7 Å². The first-order valence-electron chi connectivity index (χ1n) is 4.94. The molecule has 0 aliphatic carbocycles. The molecule has 0 amide bonds. The van der Waals surface area contributed by atoms with Gasteiger partial charge in [-0.15, -0.1) is 0 Å². The molecule has 17 heavy (non-hydrogen) atoms. The fourth-order valence-electron chi connectivity index (χ4n) is 1.41. The lowest BCUT2D eigenvalue weighted by atomic mass is 10.3. The average Bonchev–Trinajstić information content (AvgIpc) is 2.54. The molecule has 0 saturated carbocycles. The molecule has 1 heterocycles. The standard InChI is InChI=1S/C11H12N4O2/c1-15-10(13)8(9(12)14-15)11(16)17-7-5-3-2-4-6-7/h2-6H,13H2,1H3,(H2,12,14). The molecule has 4 N–H and O–H groups in total. The van der Waals surface area contributed by atoms with Crippen LogP contribution in [0.5, 0.6) is 5.75 Å². The zero-order valence-corrected chi connectivity index (χ0v) is 9.25. The van der Waals surface area contributed by atoms with Gasteiger partial charge in [0.05, 0.1) is 0 Å². The summed E-state index contributed by atoms with van der Waals surface area (Å²) in [6, 6.07) is 8.68. The van der Waals surface area contributed by atoms with Crippen LogP contribution in [0.2, 0.25) is 0 Å². The van der Waals surface area contributed by atoms with Gasteiger partial charge >= 0.3 is 5.97 Å². The molecule has 0 atom stereocenters. The summed E-state index contributed by atoms with van der Waals surface area (Å²) in [5.74, 6) is 0.0637. The molecule has 0 saturated heterocycles. The van der Waals surface area contributed by atoms with Crippen LogP contribution in [0.4, 0.5) is 11.6 Å². The van der Waals surface area contributed by atoms with Gasteiger partial charge in [-0.1, -0.05) is 18.2 Å². The first kappa shape index (κ1) is 11.0. The molecule has 0 aliphatic heterocycles. The second-order valence-electron chi connectivity index (χ2n) is 3.47. The number of aromatic nitrogens is 2. The quantitative estimate of drug-likeness (QED) is 0.589. The lowest BCUT2D eigenvalue weighted by molar-refractivity contribution is 0.0737. The van der Waals surface area contributed by atoms with Crippen LogP contribution >= 0.6 is 0 Å². The minimum absolute atomic E-state index is 0.0610. The molecule has 0 spiro atoms. The Morgan fingerprint density at radius 2 is 1.94 bits per heavy atom. The predicted octanol–water partition coefficient (Wildman–Crippen LogP) is 0.804. The molecule has 1 aromatic heterocycles. The van der Waals surface area contributed by atoms with Gasteiger partial charge in [-0.25, -0.2) is 4.79 Å². The van der Waals surface area contributed by atoms with E-state index in [0.717, 1.165) is 0 Å². The van der Waals surface area contributed by atoms with Gasteiger partial charge in [0.25, 0.3) is 0 Å². The zero-order valence-electron chi connectivity index (χ0n) is 9.25. The molecule has 6 heteroatoms. The van der Waals surface area contributed by atoms with Crippen molar-refractivity contribution in [2.24, 2.45) is 7.05 Å². The summed E-state index contributed by atoms with van der Waals surface area (Å²) in [4.78, 5) is 11.8. The summed E-state index contributed by atoms with van der Waals surface area (Å²) in [6.07, 6.45) is 0. The largest absolute Gasteiger partial charge is 0.423 e. The molecule has 6 nitrogen and oxygen atoms in total. The third-order valence-electron chi connectivity index (χ3n) is 2.28. The van der Waals surface area contributed by atoms with Crippen LogP contribution in [0, 0.1) is 0 Å². The summed E-state index contributed by atoms with van der Waals surface area (Å²) < 4.78 is 6.45. The van der Waals surface area contributed by atoms with E-state index in [1.165, 1.54) is 4.68 Å². The van der Waals surface area contributed by atoms with Gasteiger partial charge in [0.15, 0.2) is 5.82 Å². The van der Waals surface area contributed by atoms with Crippen LogP contribution in [-0.2, 0) is 7.05 Å². The topological polar surface area (TPSA) is 96.2 Å². The van der Waals surface area contributed by atoms with Crippen LogP contribution in [0.1, 0.15) is 10.4 Å². The Labute approximate surface area is 97.8 Å². The fraction of sp³-hybridized carbons (Fsp3) is 0.0909. The number of esters is 1. The maximum atomic E-state index is 11.8. The lowest BCUT2D eigenvalue weighted by Gasteiger charge is -2.03. The minimum Gasteiger partial charge on any atom is -0.423 e. The molecule has 0 aliphatic rings. The number of rotatable bonds is 2. The number of nitrogen functional groups attached to an aromatic ring is 2. The molecule has 2 rings (SSSR count). The number of para-hydroxylation sites is 1. The van der Waals surface area contributed by atoms with Gasteiger partial charge in [-0.3, -0.25) is 4.68 Å². The zero-order chi connectivity index (χ0) is 12.4. The van der Waals surface area contributed by atoms with E-state index in [0.29, 0.717) is 5.75 Å². The second-order valence-corrected chi connectivity index (χ2v) is 3.47. The molecule has 0 unspecified atom stereocenters. The highest BCUT2D eigenvalue weighted by Crippen LogP contribution is 2.20. The van der Waals surface area contributed by atoms with E-state index in [9.17, 15) is 4.79 Å². The molecule has 0 bridgehead atoms. The van der Waals surface area contributed by atoms with Crippen molar-refractivity contribution in [1.82, 2.24) is 9.78 Å². The molecule has 2 aromatic rings. The van der Waals surface area contributed by atoms with Crippen molar-refractivity contribution >= 4 is 17.6 Å². The Morgan fingerprint density at radius 1 is 1.29 bits per heavy atom. The molecule has 0 radical (unpaired) electrons. The summed E-state index contributed by atoms with van der Waals surface area (Å²) in [7, 11) is 1.60. The Morgan fingerprint density at radius 3 is 2.47 bits per heavy atom. The Balaban J connectivity index is 2.27. The maximum absolute atomic E-state index is 11.8. The van der Waals surface area contributed by atoms with E-state index in [1.807, 2.05) is 6.07 Å². The second kappa shape index (κ2) is 4.17. The third kappa shape index (κ3) is 2.05. The molecule has 1 aromatic carbocycles. The summed E-state index contributed by atoms with van der Waals surface area (Å²) in [6.45, 7) is 0. The van der Waals surface area contributed by atoms with Gasteiger partial charge in [0.1, 0.15) is 17.1 Å². The number of benzene rings is 1. The van der Waals surface area contributed by atoms with Gasteiger partial charge in [0, 0.05) is 7.05 Å². The van der Waals surface area contributed by atoms with Crippen molar-refractivity contribution in [3.05, 3.63) is 35.9 Å². The first-order valence-corrected chi connectivity index (χ1v) is 4.94. The van der Waals surface area contributed by atoms with E-state index in [1.54, 1.807) is 31.3 Å². The highest BCUT2D eigenvalue weighted by Gasteiger charge is 2.20. The average molecular weight is 232 g/mol. The number of hydrogen-bond acceptors (Lipinski definition) is 5. The van der Waals surface area contributed by atoms with Crippen LogP contribution in [0.25, 0.3) is 0 Å². The van der Waals surface area contributed by atoms with Crippen molar-refractivity contribution < 1.29 is 9.53 Å². The Bertz CT molecular complexity index is 548. The smallest absolute Gasteiger partial charge is 0.351 e. The number of aryl methyl sites for hydroxylation is 1. The van der Waals surface area contributed by atoms with E-state index in [-0.39, 0.29) is 17.2 Å². The Hall–Kier alpha value is -2.50. The van der Waals surface area contributed by atoms with Crippen LogP contribution in [0.3, 0.4) is 0 Å². The number of nitrogens with two attached hydrogens (primary N) is 2. The van der Waals surface area contributed by atoms with E-state index < -0.39 is 5.97 Å². The fourth-order valence-corrected chi connectivity index (χ4v) is 1.41. The van der Waals surface area contributed by atoms with Gasteiger partial charge in [-0.05, 0) is 12.1 Å². The number of anilines is 2. The van der Waals surface area contributed by atoms with Gasteiger partial charge in [-0.2, -0.15) is 5.10 Å². The molecular formula is C11H12N4O2. The van der Waals surface area contributed by atoms with Crippen LogP contribution < -0.4 is 16.2 Å². The SMILES string of the molecule is Cn1nc(N)c(C(=O)Oc2ccccc2)c1N. The third-order valence-corrected chi connectivity index (χ3v) is 2.28. The van der Waals surface area contributed by atoms with Crippen molar-refractivity contribution in [3.8, 4) is 5.75 Å². The number of ether oxygens (including phenoxy) is 1. The molecule has 0 fully saturated rings. The van der Waals surface area contributed by atoms with Gasteiger partial charge < -0.3 is 16.2 Å². The van der Waals surface area contributed by atoms with Crippen molar-refractivity contribution in [3.63, 3.8) is 0 Å². The molecule has 88 valence electrons.